The molecule has 1 fully saturated rings. The molecular formula is C14H25N5. The summed E-state index contributed by atoms with van der Waals surface area (Å²) in [6, 6.07) is 0. The number of hydrogen-bond acceptors (Lipinski definition) is 5. The van der Waals surface area contributed by atoms with Crippen LogP contribution in [0.5, 0.6) is 0 Å². The van der Waals surface area contributed by atoms with Crippen molar-refractivity contribution in [2.75, 3.05) is 23.9 Å². The van der Waals surface area contributed by atoms with E-state index in [2.05, 4.69) is 27.3 Å². The summed E-state index contributed by atoms with van der Waals surface area (Å²) in [6.45, 7) is 4.99. The second-order valence-corrected chi connectivity index (χ2v) is 5.60. The summed E-state index contributed by atoms with van der Waals surface area (Å²) in [5.41, 5.74) is 3.68. The van der Waals surface area contributed by atoms with Gasteiger partial charge in [-0.2, -0.15) is 0 Å². The van der Waals surface area contributed by atoms with Gasteiger partial charge in [0.05, 0.1) is 0 Å². The van der Waals surface area contributed by atoms with Gasteiger partial charge in [0.2, 0.25) is 0 Å². The standard InChI is InChI=1S/C14H25N5/c1-10-13(18-15)16-11(2)17-14(10)19(3)9-12-7-5-4-6-8-12/h12H,4-9,15H2,1-3H3,(H,16,17,18). The van der Waals surface area contributed by atoms with Crippen LogP contribution in [0, 0.1) is 19.8 Å². The molecule has 0 saturated heterocycles. The lowest BCUT2D eigenvalue weighted by molar-refractivity contribution is 0.361. The molecule has 0 aromatic carbocycles. The number of nitrogens with one attached hydrogen (secondary N) is 1. The number of anilines is 2. The summed E-state index contributed by atoms with van der Waals surface area (Å²) in [5, 5.41) is 0. The minimum Gasteiger partial charge on any atom is -0.359 e. The van der Waals surface area contributed by atoms with Crippen LogP contribution in [-0.2, 0) is 0 Å². The summed E-state index contributed by atoms with van der Waals surface area (Å²) in [7, 11) is 2.11. The van der Waals surface area contributed by atoms with E-state index in [4.69, 9.17) is 5.84 Å². The highest BCUT2D eigenvalue weighted by atomic mass is 15.3. The smallest absolute Gasteiger partial charge is 0.148 e. The van der Waals surface area contributed by atoms with Gasteiger partial charge in [-0.05, 0) is 32.6 Å². The van der Waals surface area contributed by atoms with Gasteiger partial charge in [-0.1, -0.05) is 19.3 Å². The van der Waals surface area contributed by atoms with E-state index >= 15 is 0 Å². The first-order chi connectivity index (χ1) is 9.11. The lowest BCUT2D eigenvalue weighted by Crippen LogP contribution is -2.29. The first kappa shape index (κ1) is 14.1. The van der Waals surface area contributed by atoms with Crippen molar-refractivity contribution in [3.8, 4) is 0 Å². The number of hydrazine groups is 1. The molecule has 1 saturated carbocycles. The number of nitrogens with two attached hydrogens (primary N) is 1. The Morgan fingerprint density at radius 1 is 1.21 bits per heavy atom. The zero-order valence-corrected chi connectivity index (χ0v) is 12.2. The van der Waals surface area contributed by atoms with E-state index < -0.39 is 0 Å². The molecule has 0 unspecified atom stereocenters. The molecule has 0 bridgehead atoms. The number of aryl methyl sites for hydroxylation is 1. The van der Waals surface area contributed by atoms with Crippen molar-refractivity contribution in [1.82, 2.24) is 9.97 Å². The van der Waals surface area contributed by atoms with Crippen LogP contribution in [0.1, 0.15) is 43.5 Å². The zero-order chi connectivity index (χ0) is 13.8. The van der Waals surface area contributed by atoms with Crippen molar-refractivity contribution in [1.29, 1.82) is 0 Å². The Labute approximate surface area is 115 Å². The molecule has 1 aliphatic rings. The Balaban J connectivity index is 2.13. The fraction of sp³-hybridized carbons (Fsp3) is 0.714. The van der Waals surface area contributed by atoms with E-state index in [0.717, 1.165) is 35.5 Å². The van der Waals surface area contributed by atoms with E-state index in [9.17, 15) is 0 Å². The Kier molecular flexibility index (Phi) is 4.58. The van der Waals surface area contributed by atoms with Gasteiger partial charge in [0, 0.05) is 19.2 Å². The van der Waals surface area contributed by atoms with Crippen molar-refractivity contribution >= 4 is 11.6 Å². The highest BCUT2D eigenvalue weighted by Gasteiger charge is 2.18. The lowest BCUT2D eigenvalue weighted by atomic mass is 9.89. The van der Waals surface area contributed by atoms with E-state index in [1.54, 1.807) is 0 Å². The summed E-state index contributed by atoms with van der Waals surface area (Å²) < 4.78 is 0. The zero-order valence-electron chi connectivity index (χ0n) is 12.2. The summed E-state index contributed by atoms with van der Waals surface area (Å²) in [5.74, 6) is 8.77. The molecule has 106 valence electrons. The van der Waals surface area contributed by atoms with Gasteiger partial charge in [0.1, 0.15) is 17.5 Å². The monoisotopic (exact) mass is 263 g/mol. The first-order valence-electron chi connectivity index (χ1n) is 7.14. The molecule has 2 rings (SSSR count). The predicted molar refractivity (Wildman–Crippen MR) is 79.2 cm³/mol. The second kappa shape index (κ2) is 6.19. The molecule has 3 N–H and O–H groups in total. The molecule has 0 spiro atoms. The van der Waals surface area contributed by atoms with Crippen molar-refractivity contribution in [2.24, 2.45) is 11.8 Å². The number of nitrogens with zero attached hydrogens (tertiary/aromatic N) is 3. The maximum absolute atomic E-state index is 5.51. The molecule has 1 aromatic rings. The third-order valence-corrected chi connectivity index (χ3v) is 3.99. The fourth-order valence-electron chi connectivity index (χ4n) is 2.97. The molecule has 5 heteroatoms. The van der Waals surface area contributed by atoms with Crippen LogP contribution in [0.4, 0.5) is 11.6 Å². The summed E-state index contributed by atoms with van der Waals surface area (Å²) in [4.78, 5) is 11.1. The molecule has 0 atom stereocenters. The molecule has 0 aliphatic heterocycles. The molecule has 19 heavy (non-hydrogen) atoms. The van der Waals surface area contributed by atoms with Crippen molar-refractivity contribution in [3.63, 3.8) is 0 Å². The highest BCUT2D eigenvalue weighted by molar-refractivity contribution is 5.57. The average Bonchev–Trinajstić information content (AvgIpc) is 2.42. The maximum atomic E-state index is 5.51. The Morgan fingerprint density at radius 3 is 2.53 bits per heavy atom. The van der Waals surface area contributed by atoms with Gasteiger partial charge in [0.25, 0.3) is 0 Å². The molecular weight excluding hydrogens is 238 g/mol. The molecule has 0 radical (unpaired) electrons. The van der Waals surface area contributed by atoms with Crippen molar-refractivity contribution < 1.29 is 0 Å². The van der Waals surface area contributed by atoms with Gasteiger partial charge in [0.15, 0.2) is 0 Å². The largest absolute Gasteiger partial charge is 0.359 e. The van der Waals surface area contributed by atoms with Crippen molar-refractivity contribution in [3.05, 3.63) is 11.4 Å². The molecule has 1 heterocycles. The van der Waals surface area contributed by atoms with E-state index in [1.807, 2.05) is 13.8 Å². The van der Waals surface area contributed by atoms with Crippen LogP contribution >= 0.6 is 0 Å². The summed E-state index contributed by atoms with van der Waals surface area (Å²) in [6.07, 6.45) is 6.82. The number of nitrogen functional groups attached to an aromatic ring is 1. The van der Waals surface area contributed by atoms with E-state index in [1.165, 1.54) is 32.1 Å². The minimum absolute atomic E-state index is 0.720. The topological polar surface area (TPSA) is 67.1 Å². The lowest BCUT2D eigenvalue weighted by Gasteiger charge is -2.29. The van der Waals surface area contributed by atoms with Crippen LogP contribution < -0.4 is 16.2 Å². The van der Waals surface area contributed by atoms with E-state index in [-0.39, 0.29) is 0 Å². The Morgan fingerprint density at radius 2 is 1.89 bits per heavy atom. The third-order valence-electron chi connectivity index (χ3n) is 3.99. The van der Waals surface area contributed by atoms with Crippen LogP contribution in [0.2, 0.25) is 0 Å². The minimum atomic E-state index is 0.720. The number of hydrogen-bond donors (Lipinski definition) is 2. The fourth-order valence-corrected chi connectivity index (χ4v) is 2.97. The van der Waals surface area contributed by atoms with Crippen molar-refractivity contribution in [2.45, 2.75) is 46.0 Å². The van der Waals surface area contributed by atoms with Crippen LogP contribution in [0.3, 0.4) is 0 Å². The quantitative estimate of drug-likeness (QED) is 0.645. The first-order valence-corrected chi connectivity index (χ1v) is 7.14. The van der Waals surface area contributed by atoms with Gasteiger partial charge >= 0.3 is 0 Å². The van der Waals surface area contributed by atoms with Gasteiger partial charge in [-0.3, -0.25) is 0 Å². The second-order valence-electron chi connectivity index (χ2n) is 5.60. The SMILES string of the molecule is Cc1nc(NN)c(C)c(N(C)CC2CCCCC2)n1. The Bertz CT molecular complexity index is 426. The van der Waals surface area contributed by atoms with Gasteiger partial charge < -0.3 is 10.3 Å². The molecule has 1 aromatic heterocycles. The van der Waals surface area contributed by atoms with Crippen LogP contribution in [0.25, 0.3) is 0 Å². The maximum Gasteiger partial charge on any atom is 0.148 e. The predicted octanol–water partition coefficient (Wildman–Crippen LogP) is 2.40. The highest BCUT2D eigenvalue weighted by Crippen LogP contribution is 2.27. The Hall–Kier alpha value is -1.36. The average molecular weight is 263 g/mol. The van der Waals surface area contributed by atoms with Gasteiger partial charge in [-0.15, -0.1) is 0 Å². The van der Waals surface area contributed by atoms with Crippen LogP contribution in [-0.4, -0.2) is 23.6 Å². The van der Waals surface area contributed by atoms with Crippen LogP contribution in [0.15, 0.2) is 0 Å². The molecule has 0 amide bonds. The third kappa shape index (κ3) is 3.35. The number of rotatable bonds is 4. The molecule has 1 aliphatic carbocycles. The van der Waals surface area contributed by atoms with Gasteiger partial charge in [-0.25, -0.2) is 15.8 Å². The van der Waals surface area contributed by atoms with E-state index in [0.29, 0.717) is 0 Å². The summed E-state index contributed by atoms with van der Waals surface area (Å²) >= 11 is 0. The normalized spacial score (nSPS) is 16.4. The molecule has 5 nitrogen and oxygen atoms in total. The number of aromatic nitrogens is 2.